The largest absolute Gasteiger partial charge is 0.363 e. The first kappa shape index (κ1) is 14.5. The molecule has 0 bridgehead atoms. The number of hydroxylamine groups is 1. The van der Waals surface area contributed by atoms with E-state index < -0.39 is 11.9 Å². The standard InChI is InChI=1S/C8H6Cl3NO5/c9-3-1-2-4(6(11)5(3)10)12(17)7(13)8(14,15)16/h1-2,14-17H. The molecule has 0 unspecified atom stereocenters. The maximum absolute atomic E-state index is 11.1. The maximum Gasteiger partial charge on any atom is 0.363 e. The molecule has 94 valence electrons. The van der Waals surface area contributed by atoms with E-state index in [0.717, 1.165) is 6.07 Å². The topological polar surface area (TPSA) is 101 Å². The fraction of sp³-hybridized carbons (Fsp3) is 0.125. The van der Waals surface area contributed by atoms with Gasteiger partial charge in [0.15, 0.2) is 0 Å². The van der Waals surface area contributed by atoms with Crippen molar-refractivity contribution in [1.29, 1.82) is 0 Å². The first-order valence-electron chi connectivity index (χ1n) is 4.00. The number of hydrogen-bond donors (Lipinski definition) is 4. The number of anilines is 1. The minimum absolute atomic E-state index is 0.0736. The lowest BCUT2D eigenvalue weighted by Gasteiger charge is -2.21. The van der Waals surface area contributed by atoms with Crippen molar-refractivity contribution in [2.45, 2.75) is 5.97 Å². The van der Waals surface area contributed by atoms with E-state index in [1.165, 1.54) is 6.07 Å². The summed E-state index contributed by atoms with van der Waals surface area (Å²) < 4.78 is 0. The van der Waals surface area contributed by atoms with Gasteiger partial charge >= 0.3 is 11.9 Å². The molecule has 0 aliphatic heterocycles. The van der Waals surface area contributed by atoms with Gasteiger partial charge < -0.3 is 15.3 Å². The molecule has 6 nitrogen and oxygen atoms in total. The van der Waals surface area contributed by atoms with E-state index in [1.807, 2.05) is 0 Å². The monoisotopic (exact) mass is 301 g/mol. The molecule has 1 aromatic rings. The number of carbonyl (C=O) groups is 1. The molecule has 0 fully saturated rings. The Hall–Kier alpha value is -0.600. The minimum Gasteiger partial charge on any atom is -0.336 e. The van der Waals surface area contributed by atoms with E-state index in [-0.39, 0.29) is 25.8 Å². The van der Waals surface area contributed by atoms with Crippen molar-refractivity contribution in [2.24, 2.45) is 0 Å². The minimum atomic E-state index is -3.73. The van der Waals surface area contributed by atoms with Crippen LogP contribution in [0.2, 0.25) is 15.1 Å². The van der Waals surface area contributed by atoms with Crippen LogP contribution in [0.15, 0.2) is 12.1 Å². The Morgan fingerprint density at radius 2 is 1.65 bits per heavy atom. The Balaban J connectivity index is 3.19. The second kappa shape index (κ2) is 4.95. The van der Waals surface area contributed by atoms with E-state index in [9.17, 15) is 10.0 Å². The van der Waals surface area contributed by atoms with Crippen LogP contribution in [-0.4, -0.2) is 32.4 Å². The highest BCUT2D eigenvalue weighted by Crippen LogP contribution is 2.37. The Kier molecular flexibility index (Phi) is 4.21. The van der Waals surface area contributed by atoms with Gasteiger partial charge in [-0.25, -0.2) is 0 Å². The number of benzene rings is 1. The molecule has 0 saturated heterocycles. The molecule has 1 rings (SSSR count). The lowest BCUT2D eigenvalue weighted by molar-refractivity contribution is -0.289. The van der Waals surface area contributed by atoms with Gasteiger partial charge in [-0.1, -0.05) is 34.8 Å². The summed E-state index contributed by atoms with van der Waals surface area (Å²) in [6.07, 6.45) is 0. The average molecular weight is 302 g/mol. The van der Waals surface area contributed by atoms with E-state index in [2.05, 4.69) is 0 Å². The van der Waals surface area contributed by atoms with Crippen LogP contribution >= 0.6 is 34.8 Å². The number of rotatable bonds is 2. The molecule has 0 atom stereocenters. The van der Waals surface area contributed by atoms with Crippen molar-refractivity contribution in [3.05, 3.63) is 27.2 Å². The summed E-state index contributed by atoms with van der Waals surface area (Å²) >= 11 is 16.9. The van der Waals surface area contributed by atoms with Crippen LogP contribution in [0, 0.1) is 0 Å². The molecule has 0 spiro atoms. The van der Waals surface area contributed by atoms with E-state index >= 15 is 0 Å². The molecule has 1 aromatic carbocycles. The van der Waals surface area contributed by atoms with Gasteiger partial charge in [0.2, 0.25) is 0 Å². The predicted octanol–water partition coefficient (Wildman–Crippen LogP) is 1.000. The molecule has 0 aliphatic carbocycles. The highest BCUT2D eigenvalue weighted by atomic mass is 35.5. The number of hydrogen-bond acceptors (Lipinski definition) is 5. The van der Waals surface area contributed by atoms with Crippen molar-refractivity contribution in [2.75, 3.05) is 5.06 Å². The van der Waals surface area contributed by atoms with Gasteiger partial charge in [-0.05, 0) is 12.1 Å². The van der Waals surface area contributed by atoms with E-state index in [4.69, 9.17) is 50.1 Å². The molecule has 1 amide bonds. The van der Waals surface area contributed by atoms with Gasteiger partial charge in [0.25, 0.3) is 0 Å². The number of nitrogens with zero attached hydrogens (tertiary/aromatic N) is 1. The Bertz CT molecular complexity index is 459. The van der Waals surface area contributed by atoms with Crippen LogP contribution in [0.4, 0.5) is 5.69 Å². The van der Waals surface area contributed by atoms with Crippen molar-refractivity contribution >= 4 is 46.4 Å². The highest BCUT2D eigenvalue weighted by molar-refractivity contribution is 6.49. The molecule has 17 heavy (non-hydrogen) atoms. The maximum atomic E-state index is 11.1. The first-order chi connectivity index (χ1) is 7.66. The van der Waals surface area contributed by atoms with E-state index in [1.54, 1.807) is 0 Å². The van der Waals surface area contributed by atoms with Gasteiger partial charge in [0, 0.05) is 0 Å². The third-order valence-corrected chi connectivity index (χ3v) is 3.01. The summed E-state index contributed by atoms with van der Waals surface area (Å²) in [6.45, 7) is 0. The third-order valence-electron chi connectivity index (χ3n) is 1.72. The summed E-state index contributed by atoms with van der Waals surface area (Å²) in [6, 6.07) is 2.32. The van der Waals surface area contributed by atoms with Gasteiger partial charge in [-0.2, -0.15) is 5.06 Å². The zero-order valence-electron chi connectivity index (χ0n) is 7.93. The van der Waals surface area contributed by atoms with Crippen LogP contribution in [0.1, 0.15) is 0 Å². The smallest absolute Gasteiger partial charge is 0.336 e. The summed E-state index contributed by atoms with van der Waals surface area (Å²) in [5.74, 6) is -5.55. The number of carbonyl (C=O) groups excluding carboxylic acids is 1. The number of halogens is 3. The van der Waals surface area contributed by atoms with Crippen LogP contribution in [0.25, 0.3) is 0 Å². The molecular formula is C8H6Cl3NO5. The Labute approximate surface area is 110 Å². The van der Waals surface area contributed by atoms with Crippen LogP contribution in [-0.2, 0) is 4.79 Å². The summed E-state index contributed by atoms with van der Waals surface area (Å²) in [7, 11) is 0. The van der Waals surface area contributed by atoms with Gasteiger partial charge in [-0.3, -0.25) is 10.0 Å². The molecule has 4 N–H and O–H groups in total. The van der Waals surface area contributed by atoms with Gasteiger partial charge in [-0.15, -0.1) is 0 Å². The van der Waals surface area contributed by atoms with Crippen molar-refractivity contribution in [3.63, 3.8) is 0 Å². The normalized spacial score (nSPS) is 11.5. The number of aliphatic hydroxyl groups is 3. The quantitative estimate of drug-likeness (QED) is 0.282. The summed E-state index contributed by atoms with van der Waals surface area (Å²) in [5.41, 5.74) is -0.368. The zero-order valence-corrected chi connectivity index (χ0v) is 10.2. The SMILES string of the molecule is O=C(N(O)c1ccc(Cl)c(Cl)c1Cl)C(O)(O)O. The lowest BCUT2D eigenvalue weighted by Crippen LogP contribution is -2.48. The molecule has 0 aliphatic rings. The van der Waals surface area contributed by atoms with Crippen molar-refractivity contribution in [1.82, 2.24) is 0 Å². The Morgan fingerprint density at radius 3 is 2.12 bits per heavy atom. The van der Waals surface area contributed by atoms with Crippen LogP contribution in [0.3, 0.4) is 0 Å². The summed E-state index contributed by atoms with van der Waals surface area (Å²) in [4.78, 5) is 11.1. The first-order valence-corrected chi connectivity index (χ1v) is 5.13. The molecule has 0 heterocycles. The molecule has 0 radical (unpaired) electrons. The van der Waals surface area contributed by atoms with Crippen molar-refractivity contribution in [3.8, 4) is 0 Å². The molecule has 0 aromatic heterocycles. The summed E-state index contributed by atoms with van der Waals surface area (Å²) in [5, 5.41) is 34.5. The molecular weight excluding hydrogens is 296 g/mol. The van der Waals surface area contributed by atoms with Gasteiger partial charge in [0.05, 0.1) is 20.8 Å². The number of amides is 1. The second-order valence-electron chi connectivity index (χ2n) is 2.95. The molecule has 9 heteroatoms. The van der Waals surface area contributed by atoms with Gasteiger partial charge in [0.1, 0.15) is 0 Å². The fourth-order valence-electron chi connectivity index (χ4n) is 0.931. The third kappa shape index (κ3) is 2.99. The lowest BCUT2D eigenvalue weighted by atomic mass is 10.3. The Morgan fingerprint density at radius 1 is 1.12 bits per heavy atom. The van der Waals surface area contributed by atoms with Crippen molar-refractivity contribution < 1.29 is 25.3 Å². The average Bonchev–Trinajstić information content (AvgIpc) is 2.23. The fourth-order valence-corrected chi connectivity index (χ4v) is 1.54. The zero-order chi connectivity index (χ0) is 13.4. The van der Waals surface area contributed by atoms with Crippen LogP contribution < -0.4 is 5.06 Å². The molecule has 0 saturated carbocycles. The predicted molar refractivity (Wildman–Crippen MR) is 60.1 cm³/mol. The second-order valence-corrected chi connectivity index (χ2v) is 4.11. The van der Waals surface area contributed by atoms with E-state index in [0.29, 0.717) is 0 Å². The highest BCUT2D eigenvalue weighted by Gasteiger charge is 2.36. The van der Waals surface area contributed by atoms with Crippen LogP contribution in [0.5, 0.6) is 0 Å².